The molecule has 0 N–H and O–H groups in total. The zero-order chi connectivity index (χ0) is 17.6. The highest BCUT2D eigenvalue weighted by Crippen LogP contribution is 2.36. The van der Waals surface area contributed by atoms with Crippen LogP contribution in [0.25, 0.3) is 0 Å². The summed E-state index contributed by atoms with van der Waals surface area (Å²) in [5.41, 5.74) is 5.21. The van der Waals surface area contributed by atoms with Crippen molar-refractivity contribution in [2.24, 2.45) is 0 Å². The van der Waals surface area contributed by atoms with Crippen molar-refractivity contribution in [1.29, 1.82) is 0 Å². The van der Waals surface area contributed by atoms with Crippen LogP contribution in [0.2, 0.25) is 0 Å². The Kier molecular flexibility index (Phi) is 5.85. The SMILES string of the molecule is Cc1cccc(N(Cl)Cc2ccccc2)c1N(Cl)Cc1ccccc1. The van der Waals surface area contributed by atoms with Gasteiger partial charge in [-0.15, -0.1) is 0 Å². The molecule has 0 bridgehead atoms. The third-order valence-corrected chi connectivity index (χ3v) is 4.64. The molecule has 0 saturated heterocycles. The average molecular weight is 371 g/mol. The molecule has 0 aromatic heterocycles. The Labute approximate surface area is 159 Å². The predicted octanol–water partition coefficient (Wildman–Crippen LogP) is 6.32. The third kappa shape index (κ3) is 4.47. The Morgan fingerprint density at radius 3 is 1.72 bits per heavy atom. The minimum atomic E-state index is 0.606. The Morgan fingerprint density at radius 1 is 0.640 bits per heavy atom. The van der Waals surface area contributed by atoms with Crippen molar-refractivity contribution in [2.75, 3.05) is 8.84 Å². The smallest absolute Gasteiger partial charge is 0.0802 e. The number of hydrogen-bond donors (Lipinski definition) is 0. The van der Waals surface area contributed by atoms with Gasteiger partial charge in [-0.1, -0.05) is 72.8 Å². The molecule has 0 amide bonds. The molecule has 3 aromatic carbocycles. The summed E-state index contributed by atoms with van der Waals surface area (Å²) < 4.78 is 3.46. The highest BCUT2D eigenvalue weighted by Gasteiger charge is 2.17. The van der Waals surface area contributed by atoms with E-state index in [-0.39, 0.29) is 0 Å². The minimum absolute atomic E-state index is 0.606. The van der Waals surface area contributed by atoms with Crippen LogP contribution >= 0.6 is 23.6 Å². The largest absolute Gasteiger partial charge is 0.279 e. The molecule has 25 heavy (non-hydrogen) atoms. The lowest BCUT2D eigenvalue weighted by molar-refractivity contribution is 1.00. The van der Waals surface area contributed by atoms with Gasteiger partial charge in [-0.05, 0) is 29.7 Å². The zero-order valence-corrected chi connectivity index (χ0v) is 15.6. The van der Waals surface area contributed by atoms with E-state index in [4.69, 9.17) is 23.6 Å². The monoisotopic (exact) mass is 370 g/mol. The maximum absolute atomic E-state index is 6.65. The summed E-state index contributed by atoms with van der Waals surface area (Å²) in [6, 6.07) is 26.4. The van der Waals surface area contributed by atoms with Crippen LogP contribution in [0.1, 0.15) is 16.7 Å². The number of aryl methyl sites for hydroxylation is 1. The number of nitrogens with zero attached hydrogens (tertiary/aromatic N) is 2. The first-order valence-electron chi connectivity index (χ1n) is 8.19. The summed E-state index contributed by atoms with van der Waals surface area (Å²) in [5.74, 6) is 0. The number of hydrogen-bond acceptors (Lipinski definition) is 2. The second kappa shape index (κ2) is 8.28. The molecular formula is C21H20Cl2N2. The first-order chi connectivity index (χ1) is 12.1. The number of halogens is 2. The van der Waals surface area contributed by atoms with Gasteiger partial charge in [-0.2, -0.15) is 0 Å². The lowest BCUT2D eigenvalue weighted by atomic mass is 10.1. The Bertz CT molecular complexity index is 807. The first kappa shape index (κ1) is 17.7. The molecule has 0 aliphatic heterocycles. The van der Waals surface area contributed by atoms with Gasteiger partial charge in [0.15, 0.2) is 0 Å². The van der Waals surface area contributed by atoms with Gasteiger partial charge in [0, 0.05) is 23.6 Å². The van der Waals surface area contributed by atoms with Crippen molar-refractivity contribution in [3.05, 3.63) is 95.6 Å². The molecule has 3 rings (SSSR count). The van der Waals surface area contributed by atoms with E-state index in [1.807, 2.05) is 61.5 Å². The van der Waals surface area contributed by atoms with Crippen LogP contribution in [0.15, 0.2) is 78.9 Å². The van der Waals surface area contributed by atoms with Crippen LogP contribution < -0.4 is 8.84 Å². The van der Waals surface area contributed by atoms with Crippen molar-refractivity contribution in [2.45, 2.75) is 20.0 Å². The summed E-state index contributed by atoms with van der Waals surface area (Å²) in [6.45, 7) is 3.26. The molecular weight excluding hydrogens is 351 g/mol. The molecule has 0 heterocycles. The minimum Gasteiger partial charge on any atom is -0.279 e. The highest BCUT2D eigenvalue weighted by atomic mass is 35.5. The second-order valence-electron chi connectivity index (χ2n) is 5.95. The predicted molar refractivity (Wildman–Crippen MR) is 108 cm³/mol. The van der Waals surface area contributed by atoms with Gasteiger partial charge in [0.25, 0.3) is 0 Å². The van der Waals surface area contributed by atoms with E-state index in [0.717, 1.165) is 28.1 Å². The molecule has 0 fully saturated rings. The van der Waals surface area contributed by atoms with Crippen LogP contribution in [0.4, 0.5) is 11.4 Å². The van der Waals surface area contributed by atoms with E-state index in [2.05, 4.69) is 24.3 Å². The Hall–Kier alpha value is -2.16. The molecule has 2 nitrogen and oxygen atoms in total. The molecule has 0 atom stereocenters. The van der Waals surface area contributed by atoms with Crippen molar-refractivity contribution >= 4 is 34.9 Å². The van der Waals surface area contributed by atoms with Gasteiger partial charge in [0.1, 0.15) is 0 Å². The average Bonchev–Trinajstić information content (AvgIpc) is 2.63. The van der Waals surface area contributed by atoms with E-state index in [9.17, 15) is 0 Å². The van der Waals surface area contributed by atoms with Crippen molar-refractivity contribution in [3.8, 4) is 0 Å². The maximum atomic E-state index is 6.65. The van der Waals surface area contributed by atoms with E-state index < -0.39 is 0 Å². The van der Waals surface area contributed by atoms with Gasteiger partial charge in [0.2, 0.25) is 0 Å². The number of para-hydroxylation sites is 1. The van der Waals surface area contributed by atoms with E-state index in [0.29, 0.717) is 13.1 Å². The highest BCUT2D eigenvalue weighted by molar-refractivity contribution is 6.30. The molecule has 0 saturated carbocycles. The van der Waals surface area contributed by atoms with Crippen molar-refractivity contribution < 1.29 is 0 Å². The molecule has 0 aliphatic carbocycles. The Balaban J connectivity index is 1.86. The normalized spacial score (nSPS) is 10.5. The van der Waals surface area contributed by atoms with Gasteiger partial charge >= 0.3 is 0 Å². The van der Waals surface area contributed by atoms with Crippen LogP contribution in [-0.2, 0) is 13.1 Å². The fraction of sp³-hybridized carbons (Fsp3) is 0.143. The number of anilines is 2. The lowest BCUT2D eigenvalue weighted by Crippen LogP contribution is -2.17. The summed E-state index contributed by atoms with van der Waals surface area (Å²) >= 11 is 13.3. The Morgan fingerprint density at radius 2 is 1.16 bits per heavy atom. The van der Waals surface area contributed by atoms with Crippen molar-refractivity contribution in [1.82, 2.24) is 0 Å². The van der Waals surface area contributed by atoms with Gasteiger partial charge in [0.05, 0.1) is 24.5 Å². The molecule has 0 unspecified atom stereocenters. The summed E-state index contributed by atoms with van der Waals surface area (Å²) in [5, 5.41) is 0. The number of benzene rings is 3. The number of rotatable bonds is 6. The molecule has 0 radical (unpaired) electrons. The summed E-state index contributed by atoms with van der Waals surface area (Å²) in [4.78, 5) is 0. The molecule has 3 aromatic rings. The van der Waals surface area contributed by atoms with Crippen LogP contribution in [0, 0.1) is 6.92 Å². The lowest BCUT2D eigenvalue weighted by Gasteiger charge is -2.26. The van der Waals surface area contributed by atoms with Crippen molar-refractivity contribution in [3.63, 3.8) is 0 Å². The quantitative estimate of drug-likeness (QED) is 0.468. The summed E-state index contributed by atoms with van der Waals surface area (Å²) in [7, 11) is 0. The maximum Gasteiger partial charge on any atom is 0.0802 e. The van der Waals surface area contributed by atoms with E-state index in [1.54, 1.807) is 8.84 Å². The molecule has 4 heteroatoms. The topological polar surface area (TPSA) is 6.48 Å². The van der Waals surface area contributed by atoms with Gasteiger partial charge in [-0.3, -0.25) is 8.84 Å². The standard InChI is InChI=1S/C21H20Cl2N2/c1-17-9-8-14-20(24(22)15-18-10-4-2-5-11-18)21(17)25(23)16-19-12-6-3-7-13-19/h2-14H,15-16H2,1H3. The third-order valence-electron chi connectivity index (χ3n) is 4.05. The van der Waals surface area contributed by atoms with Crippen LogP contribution in [-0.4, -0.2) is 0 Å². The fourth-order valence-electron chi connectivity index (χ4n) is 2.81. The van der Waals surface area contributed by atoms with Gasteiger partial charge < -0.3 is 0 Å². The van der Waals surface area contributed by atoms with Crippen LogP contribution in [0.5, 0.6) is 0 Å². The van der Waals surface area contributed by atoms with E-state index in [1.165, 1.54) is 0 Å². The molecule has 128 valence electrons. The first-order valence-corrected chi connectivity index (χ1v) is 8.87. The van der Waals surface area contributed by atoms with Crippen LogP contribution in [0.3, 0.4) is 0 Å². The summed E-state index contributed by atoms with van der Waals surface area (Å²) in [6.07, 6.45) is 0. The second-order valence-corrected chi connectivity index (χ2v) is 6.77. The van der Waals surface area contributed by atoms with E-state index >= 15 is 0 Å². The zero-order valence-electron chi connectivity index (χ0n) is 14.1. The fourth-order valence-corrected chi connectivity index (χ4v) is 3.44. The molecule has 0 aliphatic rings. The van der Waals surface area contributed by atoms with Gasteiger partial charge in [-0.25, -0.2) is 0 Å². The molecule has 0 spiro atoms.